The predicted molar refractivity (Wildman–Crippen MR) is 121 cm³/mol. The van der Waals surface area contributed by atoms with Gasteiger partial charge in [-0.25, -0.2) is 4.98 Å². The van der Waals surface area contributed by atoms with Gasteiger partial charge in [-0.2, -0.15) is 0 Å². The number of nitrogens with one attached hydrogen (secondary N) is 1. The number of rotatable bonds is 20. The summed E-state index contributed by atoms with van der Waals surface area (Å²) < 4.78 is 19.2. The van der Waals surface area contributed by atoms with Crippen LogP contribution in [0.15, 0.2) is 17.6 Å². The second kappa shape index (κ2) is 17.5. The van der Waals surface area contributed by atoms with Gasteiger partial charge < -0.3 is 18.3 Å². The minimum Gasteiger partial charge on any atom is -0.373 e. The molecule has 28 heavy (non-hydrogen) atoms. The number of hydrogen-bond donors (Lipinski definition) is 1. The van der Waals surface area contributed by atoms with Gasteiger partial charge in [-0.1, -0.05) is 71.1 Å². The molecule has 0 aliphatic heterocycles. The average molecular weight is 431 g/mol. The molecule has 0 radical (unpaired) electrons. The summed E-state index contributed by atoms with van der Waals surface area (Å²) in [7, 11) is -2.61. The zero-order chi connectivity index (χ0) is 20.3. The number of hydrogen-bond acceptors (Lipinski definition) is 5. The van der Waals surface area contributed by atoms with E-state index in [1.165, 1.54) is 38.5 Å². The number of aromatic amines is 1. The lowest BCUT2D eigenvalue weighted by Crippen LogP contribution is -2.46. The summed E-state index contributed by atoms with van der Waals surface area (Å²) in [5.74, 6) is 0.997. The number of aromatic nitrogens is 2. The molecule has 0 atom stereocenters. The third kappa shape index (κ3) is 12.3. The van der Waals surface area contributed by atoms with Gasteiger partial charge in [0, 0.05) is 44.0 Å². The first-order chi connectivity index (χ1) is 13.8. The van der Waals surface area contributed by atoms with E-state index in [-0.39, 0.29) is 0 Å². The molecule has 1 aromatic rings. The third-order valence-electron chi connectivity index (χ3n) is 4.55. The fourth-order valence-corrected chi connectivity index (χ4v) is 6.55. The van der Waals surface area contributed by atoms with Crippen LogP contribution in [0.1, 0.15) is 85.0 Å². The monoisotopic (exact) mass is 430 g/mol. The maximum absolute atomic E-state index is 6.39. The van der Waals surface area contributed by atoms with E-state index in [2.05, 4.69) is 30.7 Å². The number of H-pyrrole nitrogens is 1. The molecular formula is C21H42N2O3SSi. The Morgan fingerprint density at radius 2 is 1.36 bits per heavy atom. The number of imidazole rings is 1. The number of nitrogens with zero attached hydrogens (tertiary/aromatic N) is 1. The standard InChI is InChI=1S/C21H42N2O3SSi/c1-4-7-10-16-24-28(25-17-11-8-5-2,26-18-12-9-6-3)20-13-19-27-21-22-14-15-23-21/h14-15H,4-13,16-20H2,1-3H3,(H,22,23). The van der Waals surface area contributed by atoms with E-state index in [1.54, 1.807) is 18.0 Å². The van der Waals surface area contributed by atoms with Gasteiger partial charge in [-0.15, -0.1) is 0 Å². The molecule has 0 spiro atoms. The Balaban J connectivity index is 2.58. The van der Waals surface area contributed by atoms with Crippen molar-refractivity contribution in [2.45, 2.75) is 96.2 Å². The van der Waals surface area contributed by atoms with E-state index in [4.69, 9.17) is 13.3 Å². The van der Waals surface area contributed by atoms with Crippen LogP contribution in [0.2, 0.25) is 6.04 Å². The molecule has 0 bridgehead atoms. The second-order valence-electron chi connectivity index (χ2n) is 7.20. The lowest BCUT2D eigenvalue weighted by molar-refractivity contribution is 0.0554. The molecule has 5 nitrogen and oxygen atoms in total. The van der Waals surface area contributed by atoms with Crippen LogP contribution in [0.3, 0.4) is 0 Å². The van der Waals surface area contributed by atoms with Gasteiger partial charge in [-0.05, 0) is 25.7 Å². The molecule has 1 N–H and O–H groups in total. The molecule has 0 aromatic carbocycles. The highest BCUT2D eigenvalue weighted by Gasteiger charge is 2.40. The summed E-state index contributed by atoms with van der Waals surface area (Å²) in [4.78, 5) is 7.43. The lowest BCUT2D eigenvalue weighted by atomic mass is 10.3. The minimum absolute atomic E-state index is 0.757. The Kier molecular flexibility index (Phi) is 16.1. The van der Waals surface area contributed by atoms with Crippen molar-refractivity contribution >= 4 is 20.6 Å². The van der Waals surface area contributed by atoms with E-state index in [0.717, 1.165) is 62.5 Å². The summed E-state index contributed by atoms with van der Waals surface area (Å²) in [6.07, 6.45) is 15.1. The van der Waals surface area contributed by atoms with E-state index < -0.39 is 8.80 Å². The van der Waals surface area contributed by atoms with Crippen molar-refractivity contribution in [3.63, 3.8) is 0 Å². The van der Waals surface area contributed by atoms with E-state index in [9.17, 15) is 0 Å². The SMILES string of the molecule is CCCCCO[Si](CCCSc1ncc[nH]1)(OCCCCC)OCCCCC. The van der Waals surface area contributed by atoms with E-state index >= 15 is 0 Å². The predicted octanol–water partition coefficient (Wildman–Crippen LogP) is 6.45. The molecule has 1 rings (SSSR count). The van der Waals surface area contributed by atoms with Gasteiger partial charge in [0.05, 0.1) is 0 Å². The van der Waals surface area contributed by atoms with Crippen LogP contribution in [0.4, 0.5) is 0 Å². The molecule has 7 heteroatoms. The van der Waals surface area contributed by atoms with Crippen molar-refractivity contribution in [2.24, 2.45) is 0 Å². The number of thioether (sulfide) groups is 1. The first-order valence-electron chi connectivity index (χ1n) is 11.3. The zero-order valence-corrected chi connectivity index (χ0v) is 20.2. The Morgan fingerprint density at radius 1 is 0.821 bits per heavy atom. The Bertz CT molecular complexity index is 418. The van der Waals surface area contributed by atoms with Gasteiger partial charge in [0.25, 0.3) is 0 Å². The van der Waals surface area contributed by atoms with Crippen LogP contribution in [0.25, 0.3) is 0 Å². The van der Waals surface area contributed by atoms with Crippen LogP contribution in [-0.4, -0.2) is 44.3 Å². The molecule has 1 aromatic heterocycles. The Labute approximate surface area is 178 Å². The normalized spacial score (nSPS) is 12.0. The molecule has 164 valence electrons. The van der Waals surface area contributed by atoms with Crippen molar-refractivity contribution in [1.82, 2.24) is 9.97 Å². The second-order valence-corrected chi connectivity index (χ2v) is 11.0. The maximum atomic E-state index is 6.39. The van der Waals surface area contributed by atoms with Crippen LogP contribution in [-0.2, 0) is 13.3 Å². The van der Waals surface area contributed by atoms with Crippen molar-refractivity contribution in [2.75, 3.05) is 25.6 Å². The fourth-order valence-electron chi connectivity index (χ4n) is 2.87. The first kappa shape index (κ1) is 25.7. The molecular weight excluding hydrogens is 388 g/mol. The topological polar surface area (TPSA) is 56.4 Å². The van der Waals surface area contributed by atoms with Crippen molar-refractivity contribution in [1.29, 1.82) is 0 Å². The molecule has 0 unspecified atom stereocenters. The van der Waals surface area contributed by atoms with E-state index in [0.29, 0.717) is 0 Å². The molecule has 0 fully saturated rings. The van der Waals surface area contributed by atoms with Crippen LogP contribution in [0.5, 0.6) is 0 Å². The van der Waals surface area contributed by atoms with Crippen molar-refractivity contribution in [3.8, 4) is 0 Å². The summed E-state index contributed by atoms with van der Waals surface area (Å²) in [6, 6.07) is 0.894. The van der Waals surface area contributed by atoms with Crippen molar-refractivity contribution in [3.05, 3.63) is 12.4 Å². The highest BCUT2D eigenvalue weighted by molar-refractivity contribution is 7.99. The Hall–Kier alpha value is -0.343. The maximum Gasteiger partial charge on any atom is 0.500 e. The average Bonchev–Trinajstić information content (AvgIpc) is 3.23. The molecule has 0 saturated carbocycles. The summed E-state index contributed by atoms with van der Waals surface area (Å²) in [5, 5.41) is 0.976. The largest absolute Gasteiger partial charge is 0.500 e. The first-order valence-corrected chi connectivity index (χ1v) is 14.2. The van der Waals surface area contributed by atoms with E-state index in [1.807, 2.05) is 6.20 Å². The molecule has 1 heterocycles. The molecule has 0 saturated heterocycles. The quantitative estimate of drug-likeness (QED) is 0.146. The Morgan fingerprint density at radius 3 is 1.79 bits per heavy atom. The highest BCUT2D eigenvalue weighted by atomic mass is 32.2. The van der Waals surface area contributed by atoms with Gasteiger partial charge in [0.15, 0.2) is 5.16 Å². The van der Waals surface area contributed by atoms with Crippen LogP contribution < -0.4 is 0 Å². The van der Waals surface area contributed by atoms with Gasteiger partial charge >= 0.3 is 8.80 Å². The fraction of sp³-hybridized carbons (Fsp3) is 0.857. The summed E-state index contributed by atoms with van der Waals surface area (Å²) in [5.41, 5.74) is 0. The number of unbranched alkanes of at least 4 members (excludes halogenated alkanes) is 6. The van der Waals surface area contributed by atoms with Crippen molar-refractivity contribution < 1.29 is 13.3 Å². The smallest absolute Gasteiger partial charge is 0.373 e. The van der Waals surface area contributed by atoms with Crippen LogP contribution in [0, 0.1) is 0 Å². The lowest BCUT2D eigenvalue weighted by Gasteiger charge is -2.30. The summed E-state index contributed by atoms with van der Waals surface area (Å²) in [6.45, 7) is 8.93. The van der Waals surface area contributed by atoms with Gasteiger partial charge in [0.2, 0.25) is 0 Å². The molecule has 0 amide bonds. The molecule has 0 aliphatic rings. The highest BCUT2D eigenvalue weighted by Crippen LogP contribution is 2.23. The zero-order valence-electron chi connectivity index (χ0n) is 18.3. The summed E-state index contributed by atoms with van der Waals surface area (Å²) >= 11 is 1.75. The minimum atomic E-state index is -2.61. The molecule has 0 aliphatic carbocycles. The van der Waals surface area contributed by atoms with Gasteiger partial charge in [-0.3, -0.25) is 0 Å². The van der Waals surface area contributed by atoms with Crippen LogP contribution >= 0.6 is 11.8 Å². The third-order valence-corrected chi connectivity index (χ3v) is 8.44. The van der Waals surface area contributed by atoms with Gasteiger partial charge in [0.1, 0.15) is 0 Å².